The molecule has 1 unspecified atom stereocenters. The summed E-state index contributed by atoms with van der Waals surface area (Å²) in [5, 5.41) is 0.611. The highest BCUT2D eigenvalue weighted by Gasteiger charge is 2.19. The van der Waals surface area contributed by atoms with Crippen molar-refractivity contribution in [3.63, 3.8) is 0 Å². The second-order valence-corrected chi connectivity index (χ2v) is 5.10. The van der Waals surface area contributed by atoms with Gasteiger partial charge in [0.15, 0.2) is 6.10 Å². The summed E-state index contributed by atoms with van der Waals surface area (Å²) in [6.07, 6.45) is -0.684. The van der Waals surface area contributed by atoms with E-state index in [1.54, 1.807) is 55.5 Å². The molecule has 0 bridgehead atoms. The second kappa shape index (κ2) is 7.04. The molecule has 0 heterocycles. The molecular formula is C17H15ClO3. The molecule has 108 valence electrons. The number of esters is 1. The van der Waals surface area contributed by atoms with Gasteiger partial charge in [-0.2, -0.15) is 0 Å². The molecule has 0 saturated heterocycles. The van der Waals surface area contributed by atoms with E-state index in [0.29, 0.717) is 10.6 Å². The molecule has 0 aliphatic rings. The Morgan fingerprint density at radius 3 is 2.29 bits per heavy atom. The first kappa shape index (κ1) is 15.3. The topological polar surface area (TPSA) is 43.4 Å². The Hall–Kier alpha value is -2.13. The number of benzene rings is 2. The van der Waals surface area contributed by atoms with Gasteiger partial charge in [-0.25, -0.2) is 0 Å². The van der Waals surface area contributed by atoms with Crippen molar-refractivity contribution < 1.29 is 14.3 Å². The predicted molar refractivity (Wildman–Crippen MR) is 81.5 cm³/mol. The number of ether oxygens (including phenoxy) is 1. The SMILES string of the molecule is CC(OC(=O)Cc1ccc(Cl)cc1)C(=O)c1ccccc1. The minimum atomic E-state index is -0.799. The van der Waals surface area contributed by atoms with E-state index >= 15 is 0 Å². The van der Waals surface area contributed by atoms with Crippen LogP contribution in [0, 0.1) is 0 Å². The van der Waals surface area contributed by atoms with E-state index in [1.165, 1.54) is 0 Å². The lowest BCUT2D eigenvalue weighted by Gasteiger charge is -2.12. The Balaban J connectivity index is 1.93. The molecule has 0 aliphatic heterocycles. The summed E-state index contributed by atoms with van der Waals surface area (Å²) >= 11 is 5.78. The molecule has 2 aromatic carbocycles. The zero-order valence-corrected chi connectivity index (χ0v) is 12.3. The summed E-state index contributed by atoms with van der Waals surface area (Å²) in [6, 6.07) is 15.7. The Labute approximate surface area is 128 Å². The number of hydrogen-bond donors (Lipinski definition) is 0. The van der Waals surface area contributed by atoms with E-state index in [4.69, 9.17) is 16.3 Å². The largest absolute Gasteiger partial charge is 0.454 e. The van der Waals surface area contributed by atoms with Gasteiger partial charge in [-0.05, 0) is 24.6 Å². The number of ketones is 1. The van der Waals surface area contributed by atoms with E-state index in [9.17, 15) is 9.59 Å². The zero-order chi connectivity index (χ0) is 15.2. The lowest BCUT2D eigenvalue weighted by atomic mass is 10.1. The molecule has 2 rings (SSSR count). The van der Waals surface area contributed by atoms with E-state index in [-0.39, 0.29) is 12.2 Å². The van der Waals surface area contributed by atoms with Crippen molar-refractivity contribution in [2.45, 2.75) is 19.4 Å². The molecule has 0 aliphatic carbocycles. The van der Waals surface area contributed by atoms with Crippen LogP contribution in [0.5, 0.6) is 0 Å². The molecule has 0 aromatic heterocycles. The maximum Gasteiger partial charge on any atom is 0.310 e. The second-order valence-electron chi connectivity index (χ2n) is 4.67. The first-order chi connectivity index (χ1) is 10.1. The van der Waals surface area contributed by atoms with Crippen LogP contribution in [0.25, 0.3) is 0 Å². The number of hydrogen-bond acceptors (Lipinski definition) is 3. The average Bonchev–Trinajstić information content (AvgIpc) is 2.49. The van der Waals surface area contributed by atoms with Gasteiger partial charge in [0, 0.05) is 10.6 Å². The third-order valence-corrected chi connectivity index (χ3v) is 3.25. The molecule has 0 amide bonds. The molecule has 2 aromatic rings. The minimum absolute atomic E-state index is 0.115. The third kappa shape index (κ3) is 4.43. The lowest BCUT2D eigenvalue weighted by Crippen LogP contribution is -2.25. The van der Waals surface area contributed by atoms with Gasteiger partial charge >= 0.3 is 5.97 Å². The standard InChI is InChI=1S/C17H15ClO3/c1-12(17(20)14-5-3-2-4-6-14)21-16(19)11-13-7-9-15(18)10-8-13/h2-10,12H,11H2,1H3. The first-order valence-electron chi connectivity index (χ1n) is 6.59. The van der Waals surface area contributed by atoms with Crippen molar-refractivity contribution in [3.05, 3.63) is 70.7 Å². The fourth-order valence-electron chi connectivity index (χ4n) is 1.90. The van der Waals surface area contributed by atoms with Crippen LogP contribution in [0.15, 0.2) is 54.6 Å². The molecule has 0 saturated carbocycles. The Morgan fingerprint density at radius 2 is 1.67 bits per heavy atom. The fourth-order valence-corrected chi connectivity index (χ4v) is 2.02. The molecule has 0 radical (unpaired) electrons. The van der Waals surface area contributed by atoms with E-state index in [2.05, 4.69) is 0 Å². The molecule has 21 heavy (non-hydrogen) atoms. The zero-order valence-electron chi connectivity index (χ0n) is 11.6. The molecule has 3 nitrogen and oxygen atoms in total. The molecule has 0 spiro atoms. The van der Waals surface area contributed by atoms with Crippen molar-refractivity contribution in [1.29, 1.82) is 0 Å². The van der Waals surface area contributed by atoms with Gasteiger partial charge in [-0.15, -0.1) is 0 Å². The summed E-state index contributed by atoms with van der Waals surface area (Å²) in [5.74, 6) is -0.644. The first-order valence-corrected chi connectivity index (χ1v) is 6.97. The van der Waals surface area contributed by atoms with Crippen molar-refractivity contribution in [2.24, 2.45) is 0 Å². The summed E-state index contributed by atoms with van der Waals surface area (Å²) in [5.41, 5.74) is 1.33. The van der Waals surface area contributed by atoms with Crippen molar-refractivity contribution in [3.8, 4) is 0 Å². The number of carbonyl (C=O) groups is 2. The normalized spacial score (nSPS) is 11.7. The molecule has 4 heteroatoms. The number of Topliss-reactive ketones (excluding diaryl/α,β-unsaturated/α-hetero) is 1. The molecule has 0 N–H and O–H groups in total. The maximum absolute atomic E-state index is 12.1. The van der Waals surface area contributed by atoms with Crippen LogP contribution >= 0.6 is 11.6 Å². The summed E-state index contributed by atoms with van der Waals surface area (Å²) in [4.78, 5) is 23.9. The predicted octanol–water partition coefficient (Wildman–Crippen LogP) is 3.70. The summed E-state index contributed by atoms with van der Waals surface area (Å²) in [7, 11) is 0. The summed E-state index contributed by atoms with van der Waals surface area (Å²) in [6.45, 7) is 1.58. The number of rotatable bonds is 5. The Bertz CT molecular complexity index is 620. The fraction of sp³-hybridized carbons (Fsp3) is 0.176. The van der Waals surface area contributed by atoms with Crippen LogP contribution in [0.1, 0.15) is 22.8 Å². The van der Waals surface area contributed by atoms with Crippen LogP contribution in [0.2, 0.25) is 5.02 Å². The number of halogens is 1. The maximum atomic E-state index is 12.1. The highest BCUT2D eigenvalue weighted by atomic mass is 35.5. The van der Waals surface area contributed by atoms with Crippen molar-refractivity contribution in [1.82, 2.24) is 0 Å². The van der Waals surface area contributed by atoms with Crippen LogP contribution in [-0.2, 0) is 16.0 Å². The molecular weight excluding hydrogens is 288 g/mol. The van der Waals surface area contributed by atoms with Crippen molar-refractivity contribution >= 4 is 23.4 Å². The minimum Gasteiger partial charge on any atom is -0.454 e. The van der Waals surface area contributed by atoms with E-state index in [1.807, 2.05) is 6.07 Å². The van der Waals surface area contributed by atoms with Gasteiger partial charge in [0.1, 0.15) is 0 Å². The van der Waals surface area contributed by atoms with Gasteiger partial charge in [-0.3, -0.25) is 9.59 Å². The average molecular weight is 303 g/mol. The van der Waals surface area contributed by atoms with Crippen LogP contribution in [-0.4, -0.2) is 17.9 Å². The smallest absolute Gasteiger partial charge is 0.310 e. The van der Waals surface area contributed by atoms with Gasteiger partial charge in [0.05, 0.1) is 6.42 Å². The summed E-state index contributed by atoms with van der Waals surface area (Å²) < 4.78 is 5.18. The lowest BCUT2D eigenvalue weighted by molar-refractivity contribution is -0.145. The van der Waals surface area contributed by atoms with Crippen molar-refractivity contribution in [2.75, 3.05) is 0 Å². The van der Waals surface area contributed by atoms with Gasteiger partial charge < -0.3 is 4.74 Å². The third-order valence-electron chi connectivity index (χ3n) is 3.00. The molecule has 0 fully saturated rings. The van der Waals surface area contributed by atoms with Crippen LogP contribution in [0.3, 0.4) is 0 Å². The molecule has 1 atom stereocenters. The van der Waals surface area contributed by atoms with E-state index in [0.717, 1.165) is 5.56 Å². The number of carbonyl (C=O) groups excluding carboxylic acids is 2. The van der Waals surface area contributed by atoms with Gasteiger partial charge in [0.25, 0.3) is 0 Å². The monoisotopic (exact) mass is 302 g/mol. The van der Waals surface area contributed by atoms with Crippen LogP contribution < -0.4 is 0 Å². The van der Waals surface area contributed by atoms with Gasteiger partial charge in [0.2, 0.25) is 5.78 Å². The highest BCUT2D eigenvalue weighted by molar-refractivity contribution is 6.30. The van der Waals surface area contributed by atoms with Crippen LogP contribution in [0.4, 0.5) is 0 Å². The van der Waals surface area contributed by atoms with Gasteiger partial charge in [-0.1, -0.05) is 54.1 Å². The Morgan fingerprint density at radius 1 is 1.05 bits per heavy atom. The quantitative estimate of drug-likeness (QED) is 0.625. The highest BCUT2D eigenvalue weighted by Crippen LogP contribution is 2.12. The van der Waals surface area contributed by atoms with E-state index < -0.39 is 12.1 Å². The Kier molecular flexibility index (Phi) is 5.12.